The third kappa shape index (κ3) is 5.06. The Kier molecular flexibility index (Phi) is 5.81. The molecule has 0 aliphatic carbocycles. The van der Waals surface area contributed by atoms with Gasteiger partial charge in [0, 0.05) is 22.3 Å². The van der Waals surface area contributed by atoms with Gasteiger partial charge >= 0.3 is 0 Å². The number of hydrogen-bond acceptors (Lipinski definition) is 2. The molecule has 114 valence electrons. The van der Waals surface area contributed by atoms with Gasteiger partial charge in [0.25, 0.3) is 0 Å². The SMILES string of the molecule is O=C(CC(=O)Nc1ccc(Cl)cc1)NCc1ccccc1Cl. The van der Waals surface area contributed by atoms with Crippen LogP contribution >= 0.6 is 23.2 Å². The highest BCUT2D eigenvalue weighted by atomic mass is 35.5. The molecule has 22 heavy (non-hydrogen) atoms. The molecule has 0 fully saturated rings. The van der Waals surface area contributed by atoms with Gasteiger partial charge in [-0.2, -0.15) is 0 Å². The minimum Gasteiger partial charge on any atom is -0.352 e. The number of amides is 2. The summed E-state index contributed by atoms with van der Waals surface area (Å²) < 4.78 is 0. The van der Waals surface area contributed by atoms with Gasteiger partial charge in [-0.3, -0.25) is 9.59 Å². The zero-order valence-corrected chi connectivity index (χ0v) is 13.1. The van der Waals surface area contributed by atoms with E-state index in [9.17, 15) is 9.59 Å². The molecule has 2 rings (SSSR count). The summed E-state index contributed by atoms with van der Waals surface area (Å²) in [5, 5.41) is 6.44. The zero-order chi connectivity index (χ0) is 15.9. The number of rotatable bonds is 5. The second-order valence-corrected chi connectivity index (χ2v) is 5.44. The van der Waals surface area contributed by atoms with Crippen molar-refractivity contribution in [3.63, 3.8) is 0 Å². The standard InChI is InChI=1S/C16H14Cl2N2O2/c17-12-5-7-13(8-6-12)20-16(22)9-15(21)19-10-11-3-1-2-4-14(11)18/h1-8H,9-10H2,(H,19,21)(H,20,22). The van der Waals surface area contributed by atoms with Gasteiger partial charge in [-0.25, -0.2) is 0 Å². The molecule has 0 unspecified atom stereocenters. The van der Waals surface area contributed by atoms with Gasteiger partial charge in [0.2, 0.25) is 11.8 Å². The number of halogens is 2. The molecule has 0 aromatic heterocycles. The molecule has 0 saturated carbocycles. The fourth-order valence-corrected chi connectivity index (χ4v) is 2.11. The van der Waals surface area contributed by atoms with Gasteiger partial charge in [0.05, 0.1) is 0 Å². The summed E-state index contributed by atoms with van der Waals surface area (Å²) in [6.45, 7) is 0.284. The lowest BCUT2D eigenvalue weighted by Crippen LogP contribution is -2.27. The molecule has 2 N–H and O–H groups in total. The molecule has 0 aliphatic heterocycles. The maximum atomic E-state index is 11.8. The molecule has 2 amide bonds. The summed E-state index contributed by atoms with van der Waals surface area (Å²) in [7, 11) is 0. The Hall–Kier alpha value is -2.04. The van der Waals surface area contributed by atoms with Crippen LogP contribution in [0.25, 0.3) is 0 Å². The third-order valence-electron chi connectivity index (χ3n) is 2.88. The molecule has 0 spiro atoms. The Bertz CT molecular complexity index is 672. The first-order valence-corrected chi connectivity index (χ1v) is 7.36. The number of carbonyl (C=O) groups is 2. The van der Waals surface area contributed by atoms with Crippen LogP contribution in [0.15, 0.2) is 48.5 Å². The van der Waals surface area contributed by atoms with Gasteiger partial charge < -0.3 is 10.6 Å². The normalized spacial score (nSPS) is 10.1. The van der Waals surface area contributed by atoms with E-state index in [1.807, 2.05) is 18.2 Å². The van der Waals surface area contributed by atoms with Gasteiger partial charge in [-0.15, -0.1) is 0 Å². The van der Waals surface area contributed by atoms with Crippen molar-refractivity contribution in [2.45, 2.75) is 13.0 Å². The Morgan fingerprint density at radius 2 is 1.59 bits per heavy atom. The van der Waals surface area contributed by atoms with Crippen molar-refractivity contribution in [1.29, 1.82) is 0 Å². The number of hydrogen-bond donors (Lipinski definition) is 2. The summed E-state index contributed by atoms with van der Waals surface area (Å²) >= 11 is 11.7. The lowest BCUT2D eigenvalue weighted by atomic mass is 10.2. The van der Waals surface area contributed by atoms with Gasteiger partial charge in [0.1, 0.15) is 6.42 Å². The maximum absolute atomic E-state index is 11.8. The van der Waals surface area contributed by atoms with E-state index in [-0.39, 0.29) is 24.8 Å². The second kappa shape index (κ2) is 7.82. The van der Waals surface area contributed by atoms with E-state index in [1.54, 1.807) is 30.3 Å². The minimum atomic E-state index is -0.390. The van der Waals surface area contributed by atoms with E-state index in [2.05, 4.69) is 10.6 Å². The highest BCUT2D eigenvalue weighted by Crippen LogP contribution is 2.15. The number of anilines is 1. The first-order valence-electron chi connectivity index (χ1n) is 6.60. The van der Waals surface area contributed by atoms with Gasteiger partial charge in [-0.1, -0.05) is 41.4 Å². The van der Waals surface area contributed by atoms with Crippen LogP contribution in [0.1, 0.15) is 12.0 Å². The second-order valence-electron chi connectivity index (χ2n) is 4.60. The Labute approximate surface area is 138 Å². The van der Waals surface area contributed by atoms with Crippen molar-refractivity contribution in [3.8, 4) is 0 Å². The fourth-order valence-electron chi connectivity index (χ4n) is 1.78. The highest BCUT2D eigenvalue weighted by Gasteiger charge is 2.10. The molecule has 0 atom stereocenters. The van der Waals surface area contributed by atoms with Crippen molar-refractivity contribution < 1.29 is 9.59 Å². The number of nitrogens with one attached hydrogen (secondary N) is 2. The van der Waals surface area contributed by atoms with Crippen LogP contribution in [0, 0.1) is 0 Å². The van der Waals surface area contributed by atoms with Crippen molar-refractivity contribution in [2.24, 2.45) is 0 Å². The predicted molar refractivity (Wildman–Crippen MR) is 88.0 cm³/mol. The lowest BCUT2D eigenvalue weighted by Gasteiger charge is -2.08. The van der Waals surface area contributed by atoms with E-state index < -0.39 is 0 Å². The molecule has 0 saturated heterocycles. The number of carbonyl (C=O) groups excluding carboxylic acids is 2. The Balaban J connectivity index is 1.80. The minimum absolute atomic E-state index is 0.257. The van der Waals surface area contributed by atoms with Crippen LogP contribution < -0.4 is 10.6 Å². The van der Waals surface area contributed by atoms with E-state index >= 15 is 0 Å². The van der Waals surface area contributed by atoms with Crippen LogP contribution in [0.3, 0.4) is 0 Å². The molecule has 0 heterocycles. The summed E-state index contributed by atoms with van der Waals surface area (Å²) in [6, 6.07) is 13.9. The van der Waals surface area contributed by atoms with E-state index in [0.29, 0.717) is 15.7 Å². The fraction of sp³-hybridized carbons (Fsp3) is 0.125. The highest BCUT2D eigenvalue weighted by molar-refractivity contribution is 6.31. The first-order chi connectivity index (χ1) is 10.5. The van der Waals surface area contributed by atoms with Crippen molar-refractivity contribution in [3.05, 3.63) is 64.1 Å². The van der Waals surface area contributed by atoms with Crippen LogP contribution in [0.5, 0.6) is 0 Å². The monoisotopic (exact) mass is 336 g/mol. The molecule has 0 radical (unpaired) electrons. The average molecular weight is 337 g/mol. The van der Waals surface area contributed by atoms with E-state index in [1.165, 1.54) is 0 Å². The van der Waals surface area contributed by atoms with Crippen molar-refractivity contribution in [1.82, 2.24) is 5.32 Å². The molecular weight excluding hydrogens is 323 g/mol. The van der Waals surface area contributed by atoms with Crippen molar-refractivity contribution >= 4 is 40.7 Å². The van der Waals surface area contributed by atoms with E-state index in [4.69, 9.17) is 23.2 Å². The predicted octanol–water partition coefficient (Wildman–Crippen LogP) is 3.64. The lowest BCUT2D eigenvalue weighted by molar-refractivity contribution is -0.126. The van der Waals surface area contributed by atoms with Crippen LogP contribution in [0.4, 0.5) is 5.69 Å². The third-order valence-corrected chi connectivity index (χ3v) is 3.50. The van der Waals surface area contributed by atoms with Crippen LogP contribution in [0.2, 0.25) is 10.0 Å². The molecule has 6 heteroatoms. The molecule has 4 nitrogen and oxygen atoms in total. The largest absolute Gasteiger partial charge is 0.352 e. The number of benzene rings is 2. The maximum Gasteiger partial charge on any atom is 0.233 e. The summed E-state index contributed by atoms with van der Waals surface area (Å²) in [5.41, 5.74) is 1.39. The Morgan fingerprint density at radius 3 is 2.27 bits per heavy atom. The topological polar surface area (TPSA) is 58.2 Å². The molecule has 2 aromatic rings. The van der Waals surface area contributed by atoms with E-state index in [0.717, 1.165) is 5.56 Å². The smallest absolute Gasteiger partial charge is 0.233 e. The van der Waals surface area contributed by atoms with Gasteiger partial charge in [-0.05, 0) is 35.9 Å². The van der Waals surface area contributed by atoms with Crippen molar-refractivity contribution in [2.75, 3.05) is 5.32 Å². The molecular formula is C16H14Cl2N2O2. The Morgan fingerprint density at radius 1 is 0.909 bits per heavy atom. The molecule has 0 aliphatic rings. The quantitative estimate of drug-likeness (QED) is 0.819. The van der Waals surface area contributed by atoms with Crippen LogP contribution in [-0.2, 0) is 16.1 Å². The van der Waals surface area contributed by atoms with Gasteiger partial charge in [0.15, 0.2) is 0 Å². The van der Waals surface area contributed by atoms with Crippen LogP contribution in [-0.4, -0.2) is 11.8 Å². The molecule has 2 aromatic carbocycles. The zero-order valence-electron chi connectivity index (χ0n) is 11.6. The summed E-state index contributed by atoms with van der Waals surface area (Å²) in [6.07, 6.45) is -0.257. The summed E-state index contributed by atoms with van der Waals surface area (Å²) in [5.74, 6) is -0.759. The first kappa shape index (κ1) is 16.3. The summed E-state index contributed by atoms with van der Waals surface area (Å²) in [4.78, 5) is 23.5. The average Bonchev–Trinajstić information content (AvgIpc) is 2.49. The molecule has 0 bridgehead atoms.